The van der Waals surface area contributed by atoms with E-state index in [-0.39, 0.29) is 28.4 Å². The standard InChI is InChI=1S/C13H7N3O5/c14-6-9-5-10(16(19)20)7-15-12(9)21-11-3-1-8(2-4-11)13(17)18/h1-5,7H,(H,17,18). The number of carbonyl (C=O) groups is 1. The molecule has 0 saturated carbocycles. The molecule has 0 fully saturated rings. The molecule has 0 bridgehead atoms. The summed E-state index contributed by atoms with van der Waals surface area (Å²) in [4.78, 5) is 24.4. The van der Waals surface area contributed by atoms with Crippen LogP contribution in [0.25, 0.3) is 0 Å². The molecule has 1 aromatic heterocycles. The SMILES string of the molecule is N#Cc1cc([N+](=O)[O-])cnc1Oc1ccc(C(=O)O)cc1. The Bertz CT molecular complexity index is 749. The van der Waals surface area contributed by atoms with Gasteiger partial charge in [0.25, 0.3) is 5.69 Å². The zero-order valence-electron chi connectivity index (χ0n) is 10.4. The summed E-state index contributed by atoms with van der Waals surface area (Å²) in [5.41, 5.74) is -0.328. The van der Waals surface area contributed by atoms with Gasteiger partial charge in [-0.2, -0.15) is 5.26 Å². The highest BCUT2D eigenvalue weighted by Crippen LogP contribution is 2.25. The molecule has 0 atom stereocenters. The van der Waals surface area contributed by atoms with Gasteiger partial charge < -0.3 is 9.84 Å². The number of nitrogens with zero attached hydrogens (tertiary/aromatic N) is 3. The summed E-state index contributed by atoms with van der Waals surface area (Å²) in [6.07, 6.45) is 0.974. The molecule has 2 rings (SSSR count). The van der Waals surface area contributed by atoms with Crippen LogP contribution in [0.15, 0.2) is 36.5 Å². The number of nitriles is 1. The van der Waals surface area contributed by atoms with E-state index in [1.165, 1.54) is 24.3 Å². The van der Waals surface area contributed by atoms with Crippen molar-refractivity contribution in [3.63, 3.8) is 0 Å². The van der Waals surface area contributed by atoms with Crippen molar-refractivity contribution in [3.8, 4) is 17.7 Å². The number of ether oxygens (including phenoxy) is 1. The second-order valence-corrected chi connectivity index (χ2v) is 3.85. The third-order valence-corrected chi connectivity index (χ3v) is 2.48. The summed E-state index contributed by atoms with van der Waals surface area (Å²) in [5, 5.41) is 28.3. The van der Waals surface area contributed by atoms with Gasteiger partial charge in [-0.05, 0) is 24.3 Å². The molecule has 0 saturated heterocycles. The Morgan fingerprint density at radius 3 is 2.57 bits per heavy atom. The van der Waals surface area contributed by atoms with Crippen LogP contribution in [0.5, 0.6) is 11.6 Å². The first-order valence-corrected chi connectivity index (χ1v) is 5.57. The molecular weight excluding hydrogens is 278 g/mol. The molecule has 1 N–H and O–H groups in total. The van der Waals surface area contributed by atoms with Crippen molar-refractivity contribution in [1.82, 2.24) is 4.98 Å². The number of aromatic nitrogens is 1. The van der Waals surface area contributed by atoms with Gasteiger partial charge in [0.05, 0.1) is 10.5 Å². The smallest absolute Gasteiger partial charge is 0.335 e. The zero-order valence-corrected chi connectivity index (χ0v) is 10.4. The van der Waals surface area contributed by atoms with E-state index < -0.39 is 10.9 Å². The van der Waals surface area contributed by atoms with Crippen molar-refractivity contribution in [2.45, 2.75) is 0 Å². The fraction of sp³-hybridized carbons (Fsp3) is 0. The van der Waals surface area contributed by atoms with E-state index in [2.05, 4.69) is 4.98 Å². The van der Waals surface area contributed by atoms with Gasteiger partial charge in [-0.25, -0.2) is 9.78 Å². The molecule has 8 nitrogen and oxygen atoms in total. The molecule has 0 spiro atoms. The summed E-state index contributed by atoms with van der Waals surface area (Å²) in [6.45, 7) is 0. The van der Waals surface area contributed by atoms with Gasteiger partial charge in [-0.1, -0.05) is 0 Å². The minimum absolute atomic E-state index is 0.0829. The number of rotatable bonds is 4. The first kappa shape index (κ1) is 14.0. The van der Waals surface area contributed by atoms with Crippen molar-refractivity contribution >= 4 is 11.7 Å². The number of hydrogen-bond donors (Lipinski definition) is 1. The van der Waals surface area contributed by atoms with Gasteiger partial charge >= 0.3 is 5.97 Å². The maximum Gasteiger partial charge on any atom is 0.335 e. The van der Waals surface area contributed by atoms with Gasteiger partial charge in [0.15, 0.2) is 0 Å². The van der Waals surface area contributed by atoms with E-state index in [1.54, 1.807) is 6.07 Å². The van der Waals surface area contributed by atoms with Crippen LogP contribution in [0.1, 0.15) is 15.9 Å². The largest absolute Gasteiger partial charge is 0.478 e. The molecule has 21 heavy (non-hydrogen) atoms. The van der Waals surface area contributed by atoms with E-state index >= 15 is 0 Å². The predicted octanol–water partition coefficient (Wildman–Crippen LogP) is 2.35. The molecule has 1 heterocycles. The summed E-state index contributed by atoms with van der Waals surface area (Å²) < 4.78 is 5.32. The number of carboxylic acid groups (broad SMARTS) is 1. The summed E-state index contributed by atoms with van der Waals surface area (Å²) in [5.74, 6) is -0.906. The van der Waals surface area contributed by atoms with Gasteiger partial charge in [-0.3, -0.25) is 10.1 Å². The Morgan fingerprint density at radius 2 is 2.05 bits per heavy atom. The van der Waals surface area contributed by atoms with Crippen molar-refractivity contribution in [2.75, 3.05) is 0 Å². The maximum absolute atomic E-state index is 10.7. The van der Waals surface area contributed by atoms with Crippen LogP contribution in [0.2, 0.25) is 0 Å². The van der Waals surface area contributed by atoms with Crippen LogP contribution in [-0.4, -0.2) is 21.0 Å². The average molecular weight is 285 g/mol. The lowest BCUT2D eigenvalue weighted by molar-refractivity contribution is -0.385. The van der Waals surface area contributed by atoms with Crippen LogP contribution in [0.3, 0.4) is 0 Å². The molecule has 2 aromatic rings. The second-order valence-electron chi connectivity index (χ2n) is 3.85. The highest BCUT2D eigenvalue weighted by molar-refractivity contribution is 5.87. The monoisotopic (exact) mass is 285 g/mol. The minimum atomic E-state index is -1.08. The predicted molar refractivity (Wildman–Crippen MR) is 69.1 cm³/mol. The first-order valence-electron chi connectivity index (χ1n) is 5.57. The normalized spacial score (nSPS) is 9.67. The van der Waals surface area contributed by atoms with Crippen LogP contribution < -0.4 is 4.74 Å². The quantitative estimate of drug-likeness (QED) is 0.674. The third-order valence-electron chi connectivity index (χ3n) is 2.48. The average Bonchev–Trinajstić information content (AvgIpc) is 2.48. The van der Waals surface area contributed by atoms with E-state index in [0.717, 1.165) is 12.3 Å². The molecule has 0 aliphatic carbocycles. The van der Waals surface area contributed by atoms with E-state index in [1.807, 2.05) is 0 Å². The van der Waals surface area contributed by atoms with Crippen molar-refractivity contribution in [1.29, 1.82) is 5.26 Å². The fourth-order valence-electron chi connectivity index (χ4n) is 1.48. The summed E-state index contributed by atoms with van der Waals surface area (Å²) in [7, 11) is 0. The Kier molecular flexibility index (Phi) is 3.76. The molecule has 1 aromatic carbocycles. The van der Waals surface area contributed by atoms with Gasteiger partial charge in [-0.15, -0.1) is 0 Å². The van der Waals surface area contributed by atoms with E-state index in [9.17, 15) is 14.9 Å². The Hall–Kier alpha value is -3.47. The number of benzene rings is 1. The lowest BCUT2D eigenvalue weighted by Crippen LogP contribution is -1.97. The topological polar surface area (TPSA) is 126 Å². The molecule has 104 valence electrons. The van der Waals surface area contributed by atoms with Crippen molar-refractivity contribution in [2.24, 2.45) is 0 Å². The van der Waals surface area contributed by atoms with Gasteiger partial charge in [0.1, 0.15) is 23.6 Å². The molecule has 0 aliphatic heterocycles. The highest BCUT2D eigenvalue weighted by atomic mass is 16.6. The minimum Gasteiger partial charge on any atom is -0.478 e. The number of nitro groups is 1. The zero-order chi connectivity index (χ0) is 15.4. The number of pyridine rings is 1. The first-order chi connectivity index (χ1) is 10.0. The Labute approximate surface area is 118 Å². The summed E-state index contributed by atoms with van der Waals surface area (Å²) >= 11 is 0. The number of carboxylic acids is 1. The van der Waals surface area contributed by atoms with E-state index in [0.29, 0.717) is 0 Å². The van der Waals surface area contributed by atoms with Crippen LogP contribution >= 0.6 is 0 Å². The molecule has 0 aliphatic rings. The van der Waals surface area contributed by atoms with Crippen LogP contribution in [-0.2, 0) is 0 Å². The Balaban J connectivity index is 2.29. The van der Waals surface area contributed by atoms with Crippen LogP contribution in [0.4, 0.5) is 5.69 Å². The Morgan fingerprint density at radius 1 is 1.38 bits per heavy atom. The lowest BCUT2D eigenvalue weighted by atomic mass is 10.2. The number of aromatic carboxylic acids is 1. The lowest BCUT2D eigenvalue weighted by Gasteiger charge is -2.06. The van der Waals surface area contributed by atoms with Gasteiger partial charge in [0, 0.05) is 6.07 Å². The van der Waals surface area contributed by atoms with E-state index in [4.69, 9.17) is 15.1 Å². The molecule has 0 radical (unpaired) electrons. The number of hydrogen-bond acceptors (Lipinski definition) is 6. The second kappa shape index (κ2) is 5.66. The molecular formula is C13H7N3O5. The third kappa shape index (κ3) is 3.10. The summed E-state index contributed by atoms with van der Waals surface area (Å²) in [6, 6.07) is 8.25. The van der Waals surface area contributed by atoms with Crippen molar-refractivity contribution < 1.29 is 19.6 Å². The highest BCUT2D eigenvalue weighted by Gasteiger charge is 2.14. The van der Waals surface area contributed by atoms with Crippen LogP contribution in [0, 0.1) is 21.4 Å². The molecule has 8 heteroatoms. The van der Waals surface area contributed by atoms with Gasteiger partial charge in [0.2, 0.25) is 5.88 Å². The van der Waals surface area contributed by atoms with Crippen molar-refractivity contribution in [3.05, 3.63) is 57.8 Å². The maximum atomic E-state index is 10.7. The molecule has 0 unspecified atom stereocenters. The fourth-order valence-corrected chi connectivity index (χ4v) is 1.48. The molecule has 0 amide bonds.